The molecule has 0 fully saturated rings. The standard InChI is InChI=1S/C25H19BrN2O2S/c1-30-23-19(13-16-5-2-3-7-17(16)22(23)26)24(29)28-25(31)27-20-12-11-15-10-9-14-6-4-8-18(20)21(14)15/h2-8,11-13H,9-10H2,1H3,(H2,27,28,29,31). The first-order valence-corrected chi connectivity index (χ1v) is 11.2. The molecule has 6 heteroatoms. The summed E-state index contributed by atoms with van der Waals surface area (Å²) in [5, 5.41) is 10.6. The zero-order valence-electron chi connectivity index (χ0n) is 16.8. The SMILES string of the molecule is COc1c(C(=O)NC(=S)Nc2ccc3c4c(cccc24)CC3)cc2ccccc2c1Br. The Morgan fingerprint density at radius 1 is 1.00 bits per heavy atom. The quantitative estimate of drug-likeness (QED) is 0.346. The topological polar surface area (TPSA) is 50.4 Å². The molecule has 0 saturated heterocycles. The van der Waals surface area contributed by atoms with Crippen LogP contribution in [0.15, 0.2) is 65.1 Å². The van der Waals surface area contributed by atoms with Crippen LogP contribution in [0.5, 0.6) is 5.75 Å². The van der Waals surface area contributed by atoms with Crippen LogP contribution in [0.2, 0.25) is 0 Å². The van der Waals surface area contributed by atoms with E-state index in [0.717, 1.165) is 39.2 Å². The van der Waals surface area contributed by atoms with Crippen molar-refractivity contribution in [2.75, 3.05) is 12.4 Å². The number of rotatable bonds is 3. The van der Waals surface area contributed by atoms with Crippen molar-refractivity contribution in [1.29, 1.82) is 0 Å². The van der Waals surface area contributed by atoms with Gasteiger partial charge in [-0.05, 0) is 80.4 Å². The van der Waals surface area contributed by atoms with Crippen LogP contribution < -0.4 is 15.4 Å². The number of hydrogen-bond donors (Lipinski definition) is 2. The molecular weight excluding hydrogens is 472 g/mol. The van der Waals surface area contributed by atoms with Gasteiger partial charge in [-0.2, -0.15) is 0 Å². The van der Waals surface area contributed by atoms with E-state index in [1.54, 1.807) is 7.11 Å². The van der Waals surface area contributed by atoms with E-state index >= 15 is 0 Å². The number of benzene rings is 4. The third-order valence-electron chi connectivity index (χ3n) is 5.74. The second-order valence-electron chi connectivity index (χ2n) is 7.51. The fourth-order valence-corrected chi connectivity index (χ4v) is 5.27. The van der Waals surface area contributed by atoms with Crippen LogP contribution in [-0.4, -0.2) is 18.1 Å². The lowest BCUT2D eigenvalue weighted by Crippen LogP contribution is -2.34. The first kappa shape index (κ1) is 20.0. The lowest BCUT2D eigenvalue weighted by atomic mass is 10.0. The first-order valence-electron chi connectivity index (χ1n) is 9.98. The number of carbonyl (C=O) groups excluding carboxylic acids is 1. The molecule has 0 radical (unpaired) electrons. The molecule has 0 heterocycles. The molecule has 31 heavy (non-hydrogen) atoms. The Balaban J connectivity index is 1.43. The van der Waals surface area contributed by atoms with Crippen molar-refractivity contribution in [3.05, 3.63) is 81.8 Å². The van der Waals surface area contributed by atoms with Crippen molar-refractivity contribution >= 4 is 66.4 Å². The molecular formula is C25H19BrN2O2S. The molecule has 2 N–H and O–H groups in total. The Bertz CT molecular complexity index is 1370. The van der Waals surface area contributed by atoms with Gasteiger partial charge in [-0.3, -0.25) is 10.1 Å². The number of nitrogens with one attached hydrogen (secondary N) is 2. The predicted octanol–water partition coefficient (Wildman–Crippen LogP) is 5.99. The number of amides is 1. The minimum absolute atomic E-state index is 0.245. The summed E-state index contributed by atoms with van der Waals surface area (Å²) in [4.78, 5) is 13.1. The van der Waals surface area contributed by atoms with E-state index in [1.165, 1.54) is 16.5 Å². The lowest BCUT2D eigenvalue weighted by molar-refractivity contribution is 0.0975. The molecule has 0 spiro atoms. The highest BCUT2D eigenvalue weighted by Crippen LogP contribution is 2.37. The van der Waals surface area contributed by atoms with Crippen LogP contribution in [-0.2, 0) is 12.8 Å². The van der Waals surface area contributed by atoms with Gasteiger partial charge in [-0.15, -0.1) is 0 Å². The maximum Gasteiger partial charge on any atom is 0.261 e. The fraction of sp³-hybridized carbons (Fsp3) is 0.120. The third kappa shape index (κ3) is 3.46. The number of carbonyl (C=O) groups is 1. The average Bonchev–Trinajstić information content (AvgIpc) is 3.20. The smallest absolute Gasteiger partial charge is 0.261 e. The second kappa shape index (κ2) is 7.94. The highest BCUT2D eigenvalue weighted by atomic mass is 79.9. The van der Waals surface area contributed by atoms with E-state index < -0.39 is 0 Å². The summed E-state index contributed by atoms with van der Waals surface area (Å²) in [5.74, 6) is 0.149. The van der Waals surface area contributed by atoms with Gasteiger partial charge in [0.05, 0.1) is 17.1 Å². The molecule has 154 valence electrons. The van der Waals surface area contributed by atoms with E-state index in [-0.39, 0.29) is 11.0 Å². The lowest BCUT2D eigenvalue weighted by Gasteiger charge is -2.15. The van der Waals surface area contributed by atoms with Gasteiger partial charge in [0.1, 0.15) is 5.75 Å². The van der Waals surface area contributed by atoms with Crippen molar-refractivity contribution in [3.8, 4) is 5.75 Å². The fourth-order valence-electron chi connectivity index (χ4n) is 4.33. The minimum Gasteiger partial charge on any atom is -0.495 e. The molecule has 0 atom stereocenters. The molecule has 0 aliphatic heterocycles. The molecule has 1 aliphatic rings. The Kier molecular flexibility index (Phi) is 5.12. The monoisotopic (exact) mass is 490 g/mol. The van der Waals surface area contributed by atoms with Crippen molar-refractivity contribution < 1.29 is 9.53 Å². The van der Waals surface area contributed by atoms with Gasteiger partial charge < -0.3 is 10.1 Å². The van der Waals surface area contributed by atoms with Crippen molar-refractivity contribution in [2.24, 2.45) is 0 Å². The van der Waals surface area contributed by atoms with E-state index in [9.17, 15) is 4.79 Å². The first-order chi connectivity index (χ1) is 15.1. The molecule has 0 unspecified atom stereocenters. The number of methoxy groups -OCH3 is 1. The van der Waals surface area contributed by atoms with Gasteiger partial charge in [0.15, 0.2) is 5.11 Å². The van der Waals surface area contributed by atoms with Gasteiger partial charge >= 0.3 is 0 Å². The van der Waals surface area contributed by atoms with Crippen molar-refractivity contribution in [1.82, 2.24) is 5.32 Å². The summed E-state index contributed by atoms with van der Waals surface area (Å²) >= 11 is 9.04. The number of fused-ring (bicyclic) bond motifs is 1. The second-order valence-corrected chi connectivity index (χ2v) is 8.71. The molecule has 0 saturated carbocycles. The number of thiocarbonyl (C=S) groups is 1. The van der Waals surface area contributed by atoms with E-state index in [2.05, 4.69) is 50.8 Å². The third-order valence-corrected chi connectivity index (χ3v) is 6.73. The van der Waals surface area contributed by atoms with Crippen LogP contribution in [0.1, 0.15) is 21.5 Å². The highest BCUT2D eigenvalue weighted by molar-refractivity contribution is 9.10. The maximum atomic E-state index is 13.1. The summed E-state index contributed by atoms with van der Waals surface area (Å²) in [6.07, 6.45) is 2.13. The van der Waals surface area contributed by atoms with Crippen molar-refractivity contribution in [2.45, 2.75) is 12.8 Å². The minimum atomic E-state index is -0.327. The number of ether oxygens (including phenoxy) is 1. The molecule has 4 aromatic rings. The van der Waals surface area contributed by atoms with E-state index in [4.69, 9.17) is 17.0 Å². The van der Waals surface area contributed by atoms with E-state index in [0.29, 0.717) is 11.3 Å². The van der Waals surface area contributed by atoms with Crippen LogP contribution in [0, 0.1) is 0 Å². The van der Waals surface area contributed by atoms with Crippen molar-refractivity contribution in [3.63, 3.8) is 0 Å². The van der Waals surface area contributed by atoms with E-state index in [1.807, 2.05) is 36.4 Å². The van der Waals surface area contributed by atoms with Crippen LogP contribution >= 0.6 is 28.1 Å². The summed E-state index contributed by atoms with van der Waals surface area (Å²) in [5.41, 5.74) is 4.02. The van der Waals surface area contributed by atoms with Gasteiger partial charge in [-0.1, -0.05) is 48.5 Å². The summed E-state index contributed by atoms with van der Waals surface area (Å²) < 4.78 is 6.27. The van der Waals surface area contributed by atoms with Gasteiger partial charge in [0.2, 0.25) is 0 Å². The number of anilines is 1. The molecule has 4 nitrogen and oxygen atoms in total. The molecule has 0 bridgehead atoms. The average molecular weight is 491 g/mol. The zero-order valence-corrected chi connectivity index (χ0v) is 19.2. The Morgan fingerprint density at radius 3 is 2.55 bits per heavy atom. The molecule has 0 aromatic heterocycles. The Morgan fingerprint density at radius 2 is 1.74 bits per heavy atom. The maximum absolute atomic E-state index is 13.1. The zero-order chi connectivity index (χ0) is 21.5. The number of hydrogen-bond acceptors (Lipinski definition) is 3. The number of halogens is 1. The normalized spacial score (nSPS) is 12.2. The van der Waals surface area contributed by atoms with Gasteiger partial charge in [-0.25, -0.2) is 0 Å². The van der Waals surface area contributed by atoms with Crippen LogP contribution in [0.3, 0.4) is 0 Å². The summed E-state index contributed by atoms with van der Waals surface area (Å²) in [6.45, 7) is 0. The largest absolute Gasteiger partial charge is 0.495 e. The molecule has 1 amide bonds. The predicted molar refractivity (Wildman–Crippen MR) is 133 cm³/mol. The van der Waals surface area contributed by atoms with Gasteiger partial charge in [0.25, 0.3) is 5.91 Å². The van der Waals surface area contributed by atoms with Crippen LogP contribution in [0.25, 0.3) is 21.5 Å². The van der Waals surface area contributed by atoms with Gasteiger partial charge in [0, 0.05) is 11.1 Å². The highest BCUT2D eigenvalue weighted by Gasteiger charge is 2.20. The molecule has 1 aliphatic carbocycles. The Hall–Kier alpha value is -2.96. The molecule has 4 aromatic carbocycles. The summed E-state index contributed by atoms with van der Waals surface area (Å²) in [7, 11) is 1.55. The number of aryl methyl sites for hydroxylation is 2. The van der Waals surface area contributed by atoms with Crippen LogP contribution in [0.4, 0.5) is 5.69 Å². The summed E-state index contributed by atoms with van der Waals surface area (Å²) in [6, 6.07) is 20.1. The Labute approximate surface area is 193 Å². The molecule has 5 rings (SSSR count).